The minimum atomic E-state index is -0.619. The third kappa shape index (κ3) is 6.18. The predicted octanol–water partition coefficient (Wildman–Crippen LogP) is 1.11. The standard InChI is InChI=1S/C18H27N3O5.ClH/c1-18(4-6-20-7-5-18)11-21-17(23)12-8-13(24-2)16(14(9-12)25-3)26-10-15(19)22;/h8-9,20H,4-7,10-11H2,1-3H3,(H2,19,22)(H,21,23);1H. The molecule has 0 unspecified atom stereocenters. The van der Waals surface area contributed by atoms with Gasteiger partial charge in [-0.15, -0.1) is 12.4 Å². The van der Waals surface area contributed by atoms with Gasteiger partial charge in [-0.1, -0.05) is 6.92 Å². The second kappa shape index (κ2) is 10.2. The van der Waals surface area contributed by atoms with Crippen molar-refractivity contribution in [3.8, 4) is 17.2 Å². The van der Waals surface area contributed by atoms with Crippen LogP contribution in [0, 0.1) is 5.41 Å². The van der Waals surface area contributed by atoms with Crippen LogP contribution in [0.25, 0.3) is 0 Å². The number of nitrogens with two attached hydrogens (primary N) is 1. The van der Waals surface area contributed by atoms with E-state index in [0.717, 1.165) is 25.9 Å². The van der Waals surface area contributed by atoms with Crippen LogP contribution in [0.15, 0.2) is 12.1 Å². The number of carbonyl (C=O) groups excluding carboxylic acids is 2. The van der Waals surface area contributed by atoms with E-state index >= 15 is 0 Å². The molecule has 1 aromatic rings. The molecule has 1 fully saturated rings. The number of halogens is 1. The number of ether oxygens (including phenoxy) is 3. The van der Waals surface area contributed by atoms with Gasteiger partial charge < -0.3 is 30.6 Å². The molecule has 1 aliphatic rings. The van der Waals surface area contributed by atoms with Gasteiger partial charge in [0.25, 0.3) is 11.8 Å². The number of primary amides is 1. The lowest BCUT2D eigenvalue weighted by atomic mass is 9.81. The number of benzene rings is 1. The van der Waals surface area contributed by atoms with Crippen LogP contribution in [0.2, 0.25) is 0 Å². The molecule has 1 aromatic carbocycles. The highest BCUT2D eigenvalue weighted by Crippen LogP contribution is 2.38. The molecule has 2 rings (SSSR count). The molecule has 1 aliphatic heterocycles. The number of methoxy groups -OCH3 is 2. The van der Waals surface area contributed by atoms with Gasteiger partial charge in [-0.2, -0.15) is 0 Å². The Bertz CT molecular complexity index is 637. The first-order valence-corrected chi connectivity index (χ1v) is 8.54. The topological polar surface area (TPSA) is 112 Å². The van der Waals surface area contributed by atoms with E-state index in [1.54, 1.807) is 12.1 Å². The normalized spacial score (nSPS) is 15.2. The van der Waals surface area contributed by atoms with Crippen molar-refractivity contribution in [2.24, 2.45) is 11.1 Å². The van der Waals surface area contributed by atoms with Crippen LogP contribution >= 0.6 is 12.4 Å². The summed E-state index contributed by atoms with van der Waals surface area (Å²) in [6, 6.07) is 3.11. The van der Waals surface area contributed by atoms with Gasteiger partial charge in [0.2, 0.25) is 5.75 Å². The lowest BCUT2D eigenvalue weighted by molar-refractivity contribution is -0.120. The van der Waals surface area contributed by atoms with Crippen LogP contribution in [0.5, 0.6) is 17.2 Å². The van der Waals surface area contributed by atoms with Gasteiger partial charge in [0.05, 0.1) is 14.2 Å². The Labute approximate surface area is 165 Å². The summed E-state index contributed by atoms with van der Waals surface area (Å²) in [5.41, 5.74) is 5.58. The molecule has 0 saturated carbocycles. The van der Waals surface area contributed by atoms with Crippen molar-refractivity contribution in [1.29, 1.82) is 0 Å². The van der Waals surface area contributed by atoms with Crippen molar-refractivity contribution < 1.29 is 23.8 Å². The van der Waals surface area contributed by atoms with E-state index in [9.17, 15) is 9.59 Å². The lowest BCUT2D eigenvalue weighted by Crippen LogP contribution is -2.42. The van der Waals surface area contributed by atoms with Crippen LogP contribution in [-0.4, -0.2) is 52.3 Å². The Balaban J connectivity index is 0.00000364. The predicted molar refractivity (Wildman–Crippen MR) is 104 cm³/mol. The van der Waals surface area contributed by atoms with Crippen LogP contribution in [0.3, 0.4) is 0 Å². The smallest absolute Gasteiger partial charge is 0.255 e. The molecule has 2 amide bonds. The Morgan fingerprint density at radius 2 is 1.74 bits per heavy atom. The summed E-state index contributed by atoms with van der Waals surface area (Å²) in [4.78, 5) is 23.6. The van der Waals surface area contributed by atoms with Crippen molar-refractivity contribution in [2.45, 2.75) is 19.8 Å². The molecule has 0 aromatic heterocycles. The zero-order valence-electron chi connectivity index (χ0n) is 15.9. The molecule has 152 valence electrons. The molecule has 1 saturated heterocycles. The summed E-state index contributed by atoms with van der Waals surface area (Å²) >= 11 is 0. The number of piperidine rings is 1. The molecule has 0 atom stereocenters. The summed E-state index contributed by atoms with van der Waals surface area (Å²) in [5, 5.41) is 6.31. The van der Waals surface area contributed by atoms with Crippen molar-refractivity contribution in [3.63, 3.8) is 0 Å². The van der Waals surface area contributed by atoms with Crippen LogP contribution < -0.4 is 30.6 Å². The zero-order valence-corrected chi connectivity index (χ0v) is 16.7. The first-order valence-electron chi connectivity index (χ1n) is 8.54. The average Bonchev–Trinajstić information content (AvgIpc) is 2.64. The fourth-order valence-corrected chi connectivity index (χ4v) is 2.90. The fourth-order valence-electron chi connectivity index (χ4n) is 2.90. The molecule has 27 heavy (non-hydrogen) atoms. The summed E-state index contributed by atoms with van der Waals surface area (Å²) in [7, 11) is 2.90. The molecule has 8 nitrogen and oxygen atoms in total. The summed E-state index contributed by atoms with van der Waals surface area (Å²) < 4.78 is 15.9. The Kier molecular flexibility index (Phi) is 8.65. The maximum absolute atomic E-state index is 12.6. The third-order valence-corrected chi connectivity index (χ3v) is 4.57. The molecule has 9 heteroatoms. The molecular weight excluding hydrogens is 374 g/mol. The average molecular weight is 402 g/mol. The van der Waals surface area contributed by atoms with Gasteiger partial charge in [0, 0.05) is 12.1 Å². The van der Waals surface area contributed by atoms with E-state index in [-0.39, 0.29) is 36.1 Å². The van der Waals surface area contributed by atoms with Crippen LogP contribution in [0.4, 0.5) is 0 Å². The Hall–Kier alpha value is -2.19. The SMILES string of the molecule is COc1cc(C(=O)NCC2(C)CCNCC2)cc(OC)c1OCC(N)=O.Cl. The van der Waals surface area contributed by atoms with Gasteiger partial charge in [0.15, 0.2) is 18.1 Å². The van der Waals surface area contributed by atoms with Gasteiger partial charge in [-0.25, -0.2) is 0 Å². The molecular formula is C18H28ClN3O5. The molecule has 4 N–H and O–H groups in total. The highest BCUT2D eigenvalue weighted by Gasteiger charge is 2.27. The van der Waals surface area contributed by atoms with Crippen molar-refractivity contribution in [2.75, 3.05) is 40.5 Å². The monoisotopic (exact) mass is 401 g/mol. The van der Waals surface area contributed by atoms with E-state index in [1.807, 2.05) is 0 Å². The largest absolute Gasteiger partial charge is 0.493 e. The highest BCUT2D eigenvalue weighted by atomic mass is 35.5. The summed E-state index contributed by atoms with van der Waals surface area (Å²) in [6.07, 6.45) is 2.03. The first-order chi connectivity index (χ1) is 12.4. The maximum atomic E-state index is 12.6. The minimum Gasteiger partial charge on any atom is -0.493 e. The lowest BCUT2D eigenvalue weighted by Gasteiger charge is -2.34. The molecule has 0 spiro atoms. The fraction of sp³-hybridized carbons (Fsp3) is 0.556. The van der Waals surface area contributed by atoms with E-state index in [2.05, 4.69) is 17.6 Å². The Morgan fingerprint density at radius 3 is 2.22 bits per heavy atom. The van der Waals surface area contributed by atoms with Gasteiger partial charge in [-0.3, -0.25) is 9.59 Å². The minimum absolute atomic E-state index is 0. The maximum Gasteiger partial charge on any atom is 0.255 e. The van der Waals surface area contributed by atoms with Crippen molar-refractivity contribution in [3.05, 3.63) is 17.7 Å². The molecule has 1 heterocycles. The third-order valence-electron chi connectivity index (χ3n) is 4.57. The van der Waals surface area contributed by atoms with E-state index in [0.29, 0.717) is 23.6 Å². The van der Waals surface area contributed by atoms with E-state index < -0.39 is 5.91 Å². The zero-order chi connectivity index (χ0) is 19.2. The van der Waals surface area contributed by atoms with Crippen molar-refractivity contribution in [1.82, 2.24) is 10.6 Å². The number of hydrogen-bond donors (Lipinski definition) is 3. The second-order valence-electron chi connectivity index (χ2n) is 6.71. The Morgan fingerprint density at radius 1 is 1.19 bits per heavy atom. The summed E-state index contributed by atoms with van der Waals surface area (Å²) in [6.45, 7) is 4.37. The molecule has 0 aliphatic carbocycles. The first kappa shape index (κ1) is 22.9. The number of hydrogen-bond acceptors (Lipinski definition) is 6. The number of nitrogens with one attached hydrogen (secondary N) is 2. The summed E-state index contributed by atoms with van der Waals surface area (Å²) in [5.74, 6) is -0.0164. The van der Waals surface area contributed by atoms with Crippen LogP contribution in [-0.2, 0) is 4.79 Å². The highest BCUT2D eigenvalue weighted by molar-refractivity contribution is 5.95. The van der Waals surface area contributed by atoms with Crippen LogP contribution in [0.1, 0.15) is 30.1 Å². The second-order valence-corrected chi connectivity index (χ2v) is 6.71. The quantitative estimate of drug-likeness (QED) is 0.601. The van der Waals surface area contributed by atoms with E-state index in [1.165, 1.54) is 14.2 Å². The molecule has 0 bridgehead atoms. The number of amides is 2. The van der Waals surface area contributed by atoms with Gasteiger partial charge in [-0.05, 0) is 43.5 Å². The van der Waals surface area contributed by atoms with E-state index in [4.69, 9.17) is 19.9 Å². The van der Waals surface area contributed by atoms with Gasteiger partial charge >= 0.3 is 0 Å². The number of rotatable bonds is 8. The van der Waals surface area contributed by atoms with Crippen molar-refractivity contribution >= 4 is 24.2 Å². The number of carbonyl (C=O) groups is 2. The van der Waals surface area contributed by atoms with Gasteiger partial charge in [0.1, 0.15) is 0 Å². The molecule has 0 radical (unpaired) electrons.